The van der Waals surface area contributed by atoms with Gasteiger partial charge in [-0.1, -0.05) is 0 Å². The molecule has 3 heteroatoms. The van der Waals surface area contributed by atoms with Gasteiger partial charge in [-0.05, 0) is 19.1 Å². The highest BCUT2D eigenvalue weighted by Gasteiger charge is 2.02. The number of benzene rings is 1. The van der Waals surface area contributed by atoms with Crippen LogP contribution in [0.2, 0.25) is 0 Å². The van der Waals surface area contributed by atoms with Crippen molar-refractivity contribution in [3.63, 3.8) is 0 Å². The molecule has 0 aromatic heterocycles. The van der Waals surface area contributed by atoms with Gasteiger partial charge < -0.3 is 10.1 Å². The van der Waals surface area contributed by atoms with Crippen molar-refractivity contribution in [2.75, 3.05) is 19.0 Å². The molecule has 0 aliphatic heterocycles. The van der Waals surface area contributed by atoms with Gasteiger partial charge in [0.1, 0.15) is 11.8 Å². The largest absolute Gasteiger partial charge is 0.497 e. The highest BCUT2D eigenvalue weighted by Crippen LogP contribution is 2.21. The number of methoxy groups -OCH3 is 1. The summed E-state index contributed by atoms with van der Waals surface area (Å²) in [5.74, 6) is 6.52. The number of nitrogens with zero attached hydrogens (tertiary/aromatic N) is 1. The standard InChI is InChI=1S/C13H14N2O/c1-3-4-5-8-15-13-9-12(16-2)7-6-11(13)10-14/h6-7,9,15H,5,8H2,1-2H3. The fourth-order valence-corrected chi connectivity index (χ4v) is 1.28. The highest BCUT2D eigenvalue weighted by atomic mass is 16.5. The molecule has 0 saturated carbocycles. The lowest BCUT2D eigenvalue weighted by Gasteiger charge is -2.08. The van der Waals surface area contributed by atoms with Crippen molar-refractivity contribution in [2.45, 2.75) is 13.3 Å². The van der Waals surface area contributed by atoms with Gasteiger partial charge in [-0.2, -0.15) is 5.26 Å². The van der Waals surface area contributed by atoms with Crippen LogP contribution in [0.4, 0.5) is 5.69 Å². The van der Waals surface area contributed by atoms with E-state index in [1.165, 1.54) is 0 Å². The van der Waals surface area contributed by atoms with Gasteiger partial charge >= 0.3 is 0 Å². The Morgan fingerprint density at radius 3 is 2.88 bits per heavy atom. The van der Waals surface area contributed by atoms with Gasteiger partial charge in [0.25, 0.3) is 0 Å². The zero-order valence-electron chi connectivity index (χ0n) is 9.50. The van der Waals surface area contributed by atoms with Gasteiger partial charge in [0.2, 0.25) is 0 Å². The molecule has 0 heterocycles. The van der Waals surface area contributed by atoms with E-state index in [2.05, 4.69) is 23.2 Å². The van der Waals surface area contributed by atoms with E-state index in [1.807, 2.05) is 13.0 Å². The monoisotopic (exact) mass is 214 g/mol. The minimum atomic E-state index is 0.616. The molecule has 0 unspecified atom stereocenters. The zero-order chi connectivity index (χ0) is 11.8. The van der Waals surface area contributed by atoms with E-state index in [4.69, 9.17) is 10.00 Å². The number of rotatable bonds is 4. The van der Waals surface area contributed by atoms with Crippen LogP contribution in [0.3, 0.4) is 0 Å². The molecule has 0 bridgehead atoms. The maximum Gasteiger partial charge on any atom is 0.121 e. The number of hydrogen-bond acceptors (Lipinski definition) is 3. The fourth-order valence-electron chi connectivity index (χ4n) is 1.28. The molecule has 1 N–H and O–H groups in total. The summed E-state index contributed by atoms with van der Waals surface area (Å²) in [5, 5.41) is 12.1. The average Bonchev–Trinajstić information content (AvgIpc) is 2.34. The first kappa shape index (κ1) is 11.9. The lowest BCUT2D eigenvalue weighted by atomic mass is 10.2. The van der Waals surface area contributed by atoms with E-state index in [-0.39, 0.29) is 0 Å². The summed E-state index contributed by atoms with van der Waals surface area (Å²) in [6, 6.07) is 7.47. The Bertz CT molecular complexity index is 449. The summed E-state index contributed by atoms with van der Waals surface area (Å²) in [6.45, 7) is 2.54. The Morgan fingerprint density at radius 1 is 1.44 bits per heavy atom. The lowest BCUT2D eigenvalue weighted by molar-refractivity contribution is 0.415. The van der Waals surface area contributed by atoms with Crippen LogP contribution in [0.5, 0.6) is 5.75 Å². The van der Waals surface area contributed by atoms with Crippen molar-refractivity contribution in [2.24, 2.45) is 0 Å². The maximum absolute atomic E-state index is 8.93. The van der Waals surface area contributed by atoms with Crippen molar-refractivity contribution < 1.29 is 4.74 Å². The van der Waals surface area contributed by atoms with Gasteiger partial charge in [-0.3, -0.25) is 0 Å². The van der Waals surface area contributed by atoms with Crippen molar-refractivity contribution in [1.82, 2.24) is 0 Å². The van der Waals surface area contributed by atoms with Crippen LogP contribution in [0.15, 0.2) is 18.2 Å². The Labute approximate surface area is 96.0 Å². The van der Waals surface area contributed by atoms with Crippen LogP contribution in [0.25, 0.3) is 0 Å². The third kappa shape index (κ3) is 3.22. The SMILES string of the molecule is CC#CCCNc1cc(OC)ccc1C#N. The second-order valence-electron chi connectivity index (χ2n) is 3.13. The van der Waals surface area contributed by atoms with Gasteiger partial charge in [0, 0.05) is 19.0 Å². The Kier molecular flexibility index (Phi) is 4.76. The quantitative estimate of drug-likeness (QED) is 0.618. The molecular weight excluding hydrogens is 200 g/mol. The van der Waals surface area contributed by atoms with Crippen LogP contribution in [-0.2, 0) is 0 Å². The zero-order valence-corrected chi connectivity index (χ0v) is 9.50. The molecule has 1 rings (SSSR count). The second kappa shape index (κ2) is 6.37. The molecular formula is C13H14N2O. The predicted molar refractivity (Wildman–Crippen MR) is 64.3 cm³/mol. The first-order chi connectivity index (χ1) is 7.81. The third-order valence-corrected chi connectivity index (χ3v) is 2.09. The third-order valence-electron chi connectivity index (χ3n) is 2.09. The van der Waals surface area contributed by atoms with Crippen LogP contribution in [0.1, 0.15) is 18.9 Å². The topological polar surface area (TPSA) is 45.0 Å². The summed E-state index contributed by atoms with van der Waals surface area (Å²) in [4.78, 5) is 0. The number of hydrogen-bond donors (Lipinski definition) is 1. The molecule has 0 aliphatic rings. The van der Waals surface area contributed by atoms with Gasteiger partial charge in [-0.25, -0.2) is 0 Å². The van der Waals surface area contributed by atoms with Gasteiger partial charge in [-0.15, -0.1) is 11.8 Å². The molecule has 0 radical (unpaired) electrons. The summed E-state index contributed by atoms with van der Waals surface area (Å²) in [6.07, 6.45) is 0.762. The first-order valence-electron chi connectivity index (χ1n) is 5.03. The van der Waals surface area contributed by atoms with Gasteiger partial charge in [0.05, 0.1) is 18.4 Å². The van der Waals surface area contributed by atoms with E-state index < -0.39 is 0 Å². The summed E-state index contributed by atoms with van der Waals surface area (Å²) < 4.78 is 5.10. The fraction of sp³-hybridized carbons (Fsp3) is 0.308. The maximum atomic E-state index is 8.93. The van der Waals surface area contributed by atoms with Crippen molar-refractivity contribution in [3.8, 4) is 23.7 Å². The van der Waals surface area contributed by atoms with E-state index in [9.17, 15) is 0 Å². The molecule has 82 valence electrons. The van der Waals surface area contributed by atoms with Crippen LogP contribution >= 0.6 is 0 Å². The van der Waals surface area contributed by atoms with E-state index in [1.54, 1.807) is 19.2 Å². The van der Waals surface area contributed by atoms with Crippen molar-refractivity contribution in [3.05, 3.63) is 23.8 Å². The molecule has 0 spiro atoms. The molecule has 16 heavy (non-hydrogen) atoms. The number of anilines is 1. The predicted octanol–water partition coefficient (Wildman–Crippen LogP) is 2.39. The highest BCUT2D eigenvalue weighted by molar-refractivity contribution is 5.60. The molecule has 1 aromatic carbocycles. The molecule has 3 nitrogen and oxygen atoms in total. The minimum absolute atomic E-state index is 0.616. The molecule has 0 amide bonds. The number of nitriles is 1. The molecule has 0 saturated heterocycles. The molecule has 0 atom stereocenters. The van der Waals surface area contributed by atoms with E-state index >= 15 is 0 Å². The number of nitrogens with one attached hydrogen (secondary N) is 1. The smallest absolute Gasteiger partial charge is 0.121 e. The van der Waals surface area contributed by atoms with Crippen LogP contribution < -0.4 is 10.1 Å². The van der Waals surface area contributed by atoms with Crippen LogP contribution in [0, 0.1) is 23.2 Å². The Morgan fingerprint density at radius 2 is 2.25 bits per heavy atom. The van der Waals surface area contributed by atoms with Gasteiger partial charge in [0.15, 0.2) is 0 Å². The Hall–Kier alpha value is -2.13. The minimum Gasteiger partial charge on any atom is -0.497 e. The molecule has 1 aromatic rings. The summed E-state index contributed by atoms with van der Waals surface area (Å²) >= 11 is 0. The second-order valence-corrected chi connectivity index (χ2v) is 3.13. The number of ether oxygens (including phenoxy) is 1. The Balaban J connectivity index is 2.75. The van der Waals surface area contributed by atoms with Crippen LogP contribution in [-0.4, -0.2) is 13.7 Å². The summed E-state index contributed by atoms with van der Waals surface area (Å²) in [5.41, 5.74) is 1.41. The first-order valence-corrected chi connectivity index (χ1v) is 5.03. The molecule has 0 aliphatic carbocycles. The summed E-state index contributed by atoms with van der Waals surface area (Å²) in [7, 11) is 1.60. The van der Waals surface area contributed by atoms with E-state index in [0.29, 0.717) is 5.56 Å². The lowest BCUT2D eigenvalue weighted by Crippen LogP contribution is -2.02. The van der Waals surface area contributed by atoms with Crippen molar-refractivity contribution >= 4 is 5.69 Å². The normalized spacial score (nSPS) is 8.56. The molecule has 0 fully saturated rings. The van der Waals surface area contributed by atoms with Crippen molar-refractivity contribution in [1.29, 1.82) is 5.26 Å². The van der Waals surface area contributed by atoms with E-state index in [0.717, 1.165) is 24.4 Å². The average molecular weight is 214 g/mol.